The van der Waals surface area contributed by atoms with E-state index in [2.05, 4.69) is 5.32 Å². The highest BCUT2D eigenvalue weighted by atomic mass is 35.5. The van der Waals surface area contributed by atoms with Crippen molar-refractivity contribution in [2.75, 3.05) is 0 Å². The Balaban J connectivity index is 1.91. The smallest absolute Gasteiger partial charge is 0.224 e. The topological polar surface area (TPSA) is 55.1 Å². The second-order valence-corrected chi connectivity index (χ2v) is 5.62. The van der Waals surface area contributed by atoms with Gasteiger partial charge in [0.25, 0.3) is 0 Å². The van der Waals surface area contributed by atoms with Crippen LogP contribution < -0.4 is 11.1 Å². The summed E-state index contributed by atoms with van der Waals surface area (Å²) in [6.07, 6.45) is 5.26. The Morgan fingerprint density at radius 1 is 1.26 bits per heavy atom. The zero-order valence-electron chi connectivity index (χ0n) is 11.1. The Morgan fingerprint density at radius 3 is 2.79 bits per heavy atom. The third-order valence-corrected chi connectivity index (χ3v) is 4.19. The molecule has 0 radical (unpaired) electrons. The van der Waals surface area contributed by atoms with Gasteiger partial charge in [-0.1, -0.05) is 49.1 Å². The van der Waals surface area contributed by atoms with Gasteiger partial charge in [0.2, 0.25) is 5.91 Å². The van der Waals surface area contributed by atoms with Crippen molar-refractivity contribution >= 4 is 17.5 Å². The Labute approximate surface area is 119 Å². The van der Waals surface area contributed by atoms with E-state index in [0.717, 1.165) is 31.2 Å². The molecule has 1 aliphatic rings. The summed E-state index contributed by atoms with van der Waals surface area (Å²) in [7, 11) is 0. The van der Waals surface area contributed by atoms with E-state index in [-0.39, 0.29) is 17.9 Å². The molecule has 1 amide bonds. The van der Waals surface area contributed by atoms with Crippen molar-refractivity contribution in [3.63, 3.8) is 0 Å². The van der Waals surface area contributed by atoms with Crippen molar-refractivity contribution in [2.24, 2.45) is 11.7 Å². The quantitative estimate of drug-likeness (QED) is 0.837. The van der Waals surface area contributed by atoms with E-state index in [0.29, 0.717) is 11.6 Å². The van der Waals surface area contributed by atoms with E-state index >= 15 is 0 Å². The Hall–Kier alpha value is -1.06. The molecule has 19 heavy (non-hydrogen) atoms. The van der Waals surface area contributed by atoms with Crippen LogP contribution in [0.15, 0.2) is 24.3 Å². The maximum atomic E-state index is 12.2. The van der Waals surface area contributed by atoms with Crippen LogP contribution in [0.1, 0.15) is 37.7 Å². The van der Waals surface area contributed by atoms with Gasteiger partial charge in [-0.3, -0.25) is 4.79 Å². The van der Waals surface area contributed by atoms with E-state index in [4.69, 9.17) is 17.3 Å². The summed E-state index contributed by atoms with van der Waals surface area (Å²) in [6, 6.07) is 7.56. The lowest BCUT2D eigenvalue weighted by Gasteiger charge is -2.20. The number of benzene rings is 1. The fourth-order valence-corrected chi connectivity index (χ4v) is 2.82. The number of rotatable bonds is 3. The summed E-state index contributed by atoms with van der Waals surface area (Å²) in [6.45, 7) is 0.474. The number of nitrogens with two attached hydrogens (primary N) is 1. The minimum atomic E-state index is -0.0509. The van der Waals surface area contributed by atoms with Crippen LogP contribution in [-0.2, 0) is 11.3 Å². The van der Waals surface area contributed by atoms with E-state index in [9.17, 15) is 4.79 Å². The second kappa shape index (κ2) is 6.92. The molecule has 2 rings (SSSR count). The number of amides is 1. The number of carbonyl (C=O) groups is 1. The van der Waals surface area contributed by atoms with Crippen molar-refractivity contribution in [3.8, 4) is 0 Å². The van der Waals surface area contributed by atoms with Gasteiger partial charge < -0.3 is 11.1 Å². The van der Waals surface area contributed by atoms with Crippen LogP contribution in [0, 0.1) is 5.92 Å². The molecular weight excluding hydrogens is 260 g/mol. The van der Waals surface area contributed by atoms with Crippen molar-refractivity contribution in [3.05, 3.63) is 34.9 Å². The Morgan fingerprint density at radius 2 is 2.00 bits per heavy atom. The molecule has 1 aromatic carbocycles. The van der Waals surface area contributed by atoms with Crippen LogP contribution in [-0.4, -0.2) is 11.9 Å². The normalized spacial score (nSPS) is 23.7. The van der Waals surface area contributed by atoms with Crippen molar-refractivity contribution in [2.45, 2.75) is 44.7 Å². The van der Waals surface area contributed by atoms with E-state index in [1.807, 2.05) is 24.3 Å². The molecule has 0 bridgehead atoms. The number of hydrogen-bond donors (Lipinski definition) is 2. The molecule has 0 aromatic heterocycles. The SMILES string of the molecule is NC1CCCCCC1C(=O)NCc1ccccc1Cl. The maximum Gasteiger partial charge on any atom is 0.224 e. The van der Waals surface area contributed by atoms with Gasteiger partial charge in [-0.2, -0.15) is 0 Å². The largest absolute Gasteiger partial charge is 0.352 e. The number of hydrogen-bond acceptors (Lipinski definition) is 2. The fraction of sp³-hybridized carbons (Fsp3) is 0.533. The van der Waals surface area contributed by atoms with Crippen LogP contribution >= 0.6 is 11.6 Å². The summed E-state index contributed by atoms with van der Waals surface area (Å²) < 4.78 is 0. The highest BCUT2D eigenvalue weighted by molar-refractivity contribution is 6.31. The number of carbonyl (C=O) groups excluding carboxylic acids is 1. The minimum Gasteiger partial charge on any atom is -0.352 e. The Bertz CT molecular complexity index is 436. The van der Waals surface area contributed by atoms with Gasteiger partial charge >= 0.3 is 0 Å². The molecule has 0 aliphatic heterocycles. The average Bonchev–Trinajstić information content (AvgIpc) is 2.62. The average molecular weight is 281 g/mol. The lowest BCUT2D eigenvalue weighted by atomic mass is 9.94. The first kappa shape index (κ1) is 14.4. The lowest BCUT2D eigenvalue weighted by Crippen LogP contribution is -2.41. The molecule has 3 N–H and O–H groups in total. The third kappa shape index (κ3) is 3.95. The third-order valence-electron chi connectivity index (χ3n) is 3.82. The molecule has 4 heteroatoms. The van der Waals surface area contributed by atoms with Gasteiger partial charge in [-0.05, 0) is 24.5 Å². The van der Waals surface area contributed by atoms with Crippen LogP contribution in [0.4, 0.5) is 0 Å². The first-order valence-corrected chi connectivity index (χ1v) is 7.33. The molecule has 1 aromatic rings. The Kier molecular flexibility index (Phi) is 5.23. The number of halogens is 1. The first-order valence-electron chi connectivity index (χ1n) is 6.95. The van der Waals surface area contributed by atoms with Crippen LogP contribution in [0.5, 0.6) is 0 Å². The van der Waals surface area contributed by atoms with Crippen molar-refractivity contribution in [1.82, 2.24) is 5.32 Å². The summed E-state index contributed by atoms with van der Waals surface area (Å²) in [5.41, 5.74) is 7.04. The monoisotopic (exact) mass is 280 g/mol. The molecule has 1 fully saturated rings. The van der Waals surface area contributed by atoms with E-state index < -0.39 is 0 Å². The molecule has 104 valence electrons. The first-order chi connectivity index (χ1) is 9.18. The van der Waals surface area contributed by atoms with Crippen molar-refractivity contribution in [1.29, 1.82) is 0 Å². The van der Waals surface area contributed by atoms with Crippen LogP contribution in [0.25, 0.3) is 0 Å². The van der Waals surface area contributed by atoms with Crippen LogP contribution in [0.3, 0.4) is 0 Å². The molecule has 2 unspecified atom stereocenters. The highest BCUT2D eigenvalue weighted by Gasteiger charge is 2.26. The van der Waals surface area contributed by atoms with E-state index in [1.165, 1.54) is 6.42 Å². The molecule has 2 atom stereocenters. The van der Waals surface area contributed by atoms with Gasteiger partial charge in [0.1, 0.15) is 0 Å². The summed E-state index contributed by atoms with van der Waals surface area (Å²) >= 11 is 6.07. The van der Waals surface area contributed by atoms with Gasteiger partial charge in [-0.15, -0.1) is 0 Å². The van der Waals surface area contributed by atoms with Crippen molar-refractivity contribution < 1.29 is 4.79 Å². The highest BCUT2D eigenvalue weighted by Crippen LogP contribution is 2.22. The van der Waals surface area contributed by atoms with Gasteiger partial charge in [0, 0.05) is 17.6 Å². The predicted octanol–water partition coefficient (Wildman–Crippen LogP) is 2.86. The molecular formula is C15H21ClN2O. The molecule has 0 spiro atoms. The molecule has 1 aliphatic carbocycles. The van der Waals surface area contributed by atoms with Gasteiger partial charge in [-0.25, -0.2) is 0 Å². The standard InChI is InChI=1S/C15H21ClN2O/c16-13-8-5-4-6-11(13)10-18-15(19)12-7-2-1-3-9-14(12)17/h4-6,8,12,14H,1-3,7,9-10,17H2,(H,18,19). The zero-order valence-corrected chi connectivity index (χ0v) is 11.8. The molecule has 1 saturated carbocycles. The predicted molar refractivity (Wildman–Crippen MR) is 77.8 cm³/mol. The molecule has 3 nitrogen and oxygen atoms in total. The molecule has 0 saturated heterocycles. The van der Waals surface area contributed by atoms with Gasteiger partial charge in [0.05, 0.1) is 5.92 Å². The maximum absolute atomic E-state index is 12.2. The van der Waals surface area contributed by atoms with E-state index in [1.54, 1.807) is 0 Å². The summed E-state index contributed by atoms with van der Waals surface area (Å²) in [4.78, 5) is 12.2. The second-order valence-electron chi connectivity index (χ2n) is 5.22. The fourth-order valence-electron chi connectivity index (χ4n) is 2.62. The molecule has 0 heterocycles. The summed E-state index contributed by atoms with van der Waals surface area (Å²) in [5, 5.41) is 3.65. The minimum absolute atomic E-state index is 0.00579. The number of nitrogens with one attached hydrogen (secondary N) is 1. The lowest BCUT2D eigenvalue weighted by molar-refractivity contribution is -0.126. The zero-order chi connectivity index (χ0) is 13.7. The summed E-state index contributed by atoms with van der Waals surface area (Å²) in [5.74, 6) is 0.0132. The van der Waals surface area contributed by atoms with Gasteiger partial charge in [0.15, 0.2) is 0 Å². The van der Waals surface area contributed by atoms with Crippen LogP contribution in [0.2, 0.25) is 5.02 Å².